The molecule has 100 valence electrons. The lowest BCUT2D eigenvalue weighted by molar-refractivity contribution is 0.0246. The first kappa shape index (κ1) is 13.5. The van der Waals surface area contributed by atoms with Crippen LogP contribution in [0.4, 0.5) is 4.39 Å². The molecule has 0 spiro atoms. The minimum atomic E-state index is -0.777. The molecule has 2 atom stereocenters. The zero-order chi connectivity index (χ0) is 13.0. The van der Waals surface area contributed by atoms with Crippen LogP contribution >= 0.6 is 0 Å². The molecule has 18 heavy (non-hydrogen) atoms. The van der Waals surface area contributed by atoms with Crippen molar-refractivity contribution in [2.24, 2.45) is 0 Å². The van der Waals surface area contributed by atoms with Crippen molar-refractivity contribution in [1.29, 1.82) is 0 Å². The highest BCUT2D eigenvalue weighted by atomic mass is 19.1. The Morgan fingerprint density at radius 1 is 1.56 bits per heavy atom. The predicted octanol–water partition coefficient (Wildman–Crippen LogP) is 2.02. The molecule has 1 aliphatic rings. The Labute approximate surface area is 107 Å². The maximum absolute atomic E-state index is 13.2. The van der Waals surface area contributed by atoms with Gasteiger partial charge in [-0.1, -0.05) is 19.1 Å². The standard InChI is InChI=1S/C14H20FNO2/c1-2-13(11-4-3-5-12(15)8-11)16-9-14(17)6-7-18-10-14/h3-5,8,13,16-17H,2,6-7,9-10H2,1H3. The van der Waals surface area contributed by atoms with Crippen molar-refractivity contribution in [2.45, 2.75) is 31.4 Å². The first-order valence-electron chi connectivity index (χ1n) is 6.42. The normalized spacial score (nSPS) is 25.3. The molecule has 1 aromatic carbocycles. The number of ether oxygens (including phenoxy) is 1. The molecule has 1 aliphatic heterocycles. The van der Waals surface area contributed by atoms with E-state index in [9.17, 15) is 9.50 Å². The summed E-state index contributed by atoms with van der Waals surface area (Å²) in [5.41, 5.74) is 0.140. The van der Waals surface area contributed by atoms with Gasteiger partial charge in [0, 0.05) is 25.6 Å². The molecule has 0 radical (unpaired) electrons. The summed E-state index contributed by atoms with van der Waals surface area (Å²) in [6, 6.07) is 6.65. The summed E-state index contributed by atoms with van der Waals surface area (Å²) in [7, 11) is 0. The fourth-order valence-corrected chi connectivity index (χ4v) is 2.27. The Kier molecular flexibility index (Phi) is 4.32. The molecule has 4 heteroatoms. The van der Waals surface area contributed by atoms with Crippen LogP contribution in [0.15, 0.2) is 24.3 Å². The number of aliphatic hydroxyl groups is 1. The average Bonchev–Trinajstić information content (AvgIpc) is 2.77. The lowest BCUT2D eigenvalue weighted by Gasteiger charge is -2.25. The zero-order valence-electron chi connectivity index (χ0n) is 10.7. The van der Waals surface area contributed by atoms with E-state index in [0.717, 1.165) is 12.0 Å². The highest BCUT2D eigenvalue weighted by Crippen LogP contribution is 2.21. The lowest BCUT2D eigenvalue weighted by atomic mass is 10.0. The molecule has 1 heterocycles. The van der Waals surface area contributed by atoms with Gasteiger partial charge in [0.1, 0.15) is 11.4 Å². The minimum Gasteiger partial charge on any atom is -0.386 e. The van der Waals surface area contributed by atoms with E-state index in [2.05, 4.69) is 5.32 Å². The number of nitrogens with one attached hydrogen (secondary N) is 1. The van der Waals surface area contributed by atoms with Crippen LogP contribution in [-0.2, 0) is 4.74 Å². The van der Waals surface area contributed by atoms with Crippen LogP contribution in [0, 0.1) is 5.82 Å². The first-order chi connectivity index (χ1) is 8.63. The van der Waals surface area contributed by atoms with Crippen molar-refractivity contribution < 1.29 is 14.2 Å². The average molecular weight is 253 g/mol. The Balaban J connectivity index is 1.97. The lowest BCUT2D eigenvalue weighted by Crippen LogP contribution is -2.42. The van der Waals surface area contributed by atoms with Gasteiger partial charge in [-0.05, 0) is 24.1 Å². The van der Waals surface area contributed by atoms with Crippen molar-refractivity contribution >= 4 is 0 Å². The molecule has 0 amide bonds. The van der Waals surface area contributed by atoms with Gasteiger partial charge in [-0.25, -0.2) is 4.39 Å². The molecular formula is C14H20FNO2. The zero-order valence-corrected chi connectivity index (χ0v) is 10.7. The van der Waals surface area contributed by atoms with Crippen molar-refractivity contribution in [1.82, 2.24) is 5.32 Å². The fraction of sp³-hybridized carbons (Fsp3) is 0.571. The second-order valence-electron chi connectivity index (χ2n) is 4.92. The molecule has 1 aromatic rings. The quantitative estimate of drug-likeness (QED) is 0.843. The number of hydrogen-bond donors (Lipinski definition) is 2. The van der Waals surface area contributed by atoms with Crippen molar-refractivity contribution in [3.8, 4) is 0 Å². The fourth-order valence-electron chi connectivity index (χ4n) is 2.27. The van der Waals surface area contributed by atoms with Crippen LogP contribution in [0.5, 0.6) is 0 Å². The molecule has 3 nitrogen and oxygen atoms in total. The van der Waals surface area contributed by atoms with Gasteiger partial charge >= 0.3 is 0 Å². The van der Waals surface area contributed by atoms with E-state index in [-0.39, 0.29) is 11.9 Å². The van der Waals surface area contributed by atoms with Crippen LogP contribution in [0.3, 0.4) is 0 Å². The summed E-state index contributed by atoms with van der Waals surface area (Å²) in [4.78, 5) is 0. The third-order valence-corrected chi connectivity index (χ3v) is 3.42. The second kappa shape index (κ2) is 5.78. The summed E-state index contributed by atoms with van der Waals surface area (Å²) < 4.78 is 18.4. The number of rotatable bonds is 5. The molecule has 1 fully saturated rings. The van der Waals surface area contributed by atoms with E-state index >= 15 is 0 Å². The highest BCUT2D eigenvalue weighted by molar-refractivity contribution is 5.20. The van der Waals surface area contributed by atoms with Crippen molar-refractivity contribution in [3.63, 3.8) is 0 Å². The van der Waals surface area contributed by atoms with E-state index in [0.29, 0.717) is 26.2 Å². The summed E-state index contributed by atoms with van der Waals surface area (Å²) >= 11 is 0. The molecule has 0 bridgehead atoms. The summed E-state index contributed by atoms with van der Waals surface area (Å²) in [6.45, 7) is 3.49. The van der Waals surface area contributed by atoms with Crippen LogP contribution < -0.4 is 5.32 Å². The molecule has 0 aliphatic carbocycles. The van der Waals surface area contributed by atoms with E-state index in [1.54, 1.807) is 6.07 Å². The monoisotopic (exact) mass is 253 g/mol. The first-order valence-corrected chi connectivity index (χ1v) is 6.42. The summed E-state index contributed by atoms with van der Waals surface area (Å²) in [5, 5.41) is 13.5. The Bertz CT molecular complexity index is 391. The number of benzene rings is 1. The smallest absolute Gasteiger partial charge is 0.123 e. The van der Waals surface area contributed by atoms with Gasteiger partial charge in [0.05, 0.1) is 6.61 Å². The molecule has 2 rings (SSSR count). The van der Waals surface area contributed by atoms with Crippen LogP contribution in [0.2, 0.25) is 0 Å². The van der Waals surface area contributed by atoms with E-state index < -0.39 is 5.60 Å². The van der Waals surface area contributed by atoms with Gasteiger partial charge in [-0.3, -0.25) is 0 Å². The maximum atomic E-state index is 13.2. The largest absolute Gasteiger partial charge is 0.386 e. The highest BCUT2D eigenvalue weighted by Gasteiger charge is 2.32. The third-order valence-electron chi connectivity index (χ3n) is 3.42. The summed E-state index contributed by atoms with van der Waals surface area (Å²) in [5.74, 6) is -0.226. The van der Waals surface area contributed by atoms with Crippen LogP contribution in [-0.4, -0.2) is 30.5 Å². The SMILES string of the molecule is CCC(NCC1(O)CCOC1)c1cccc(F)c1. The number of halogens is 1. The van der Waals surface area contributed by atoms with Crippen molar-refractivity contribution in [2.75, 3.05) is 19.8 Å². The molecule has 1 saturated heterocycles. The van der Waals surface area contributed by atoms with Crippen LogP contribution in [0.25, 0.3) is 0 Å². The van der Waals surface area contributed by atoms with Gasteiger partial charge in [0.25, 0.3) is 0 Å². The molecule has 0 saturated carbocycles. The van der Waals surface area contributed by atoms with Gasteiger partial charge in [0.2, 0.25) is 0 Å². The molecule has 0 aromatic heterocycles. The predicted molar refractivity (Wildman–Crippen MR) is 67.8 cm³/mol. The molecule has 2 unspecified atom stereocenters. The maximum Gasteiger partial charge on any atom is 0.123 e. The third kappa shape index (κ3) is 3.28. The summed E-state index contributed by atoms with van der Waals surface area (Å²) in [6.07, 6.45) is 1.50. The Morgan fingerprint density at radius 3 is 3.00 bits per heavy atom. The van der Waals surface area contributed by atoms with E-state index in [1.807, 2.05) is 13.0 Å². The minimum absolute atomic E-state index is 0.0605. The molecule has 2 N–H and O–H groups in total. The molecular weight excluding hydrogens is 233 g/mol. The van der Waals surface area contributed by atoms with Gasteiger partial charge in [0.15, 0.2) is 0 Å². The topological polar surface area (TPSA) is 41.5 Å². The van der Waals surface area contributed by atoms with Crippen LogP contribution in [0.1, 0.15) is 31.4 Å². The van der Waals surface area contributed by atoms with Gasteiger partial charge < -0.3 is 15.2 Å². The number of hydrogen-bond acceptors (Lipinski definition) is 3. The van der Waals surface area contributed by atoms with Gasteiger partial charge in [-0.15, -0.1) is 0 Å². The Morgan fingerprint density at radius 2 is 2.39 bits per heavy atom. The second-order valence-corrected chi connectivity index (χ2v) is 4.92. The van der Waals surface area contributed by atoms with E-state index in [4.69, 9.17) is 4.74 Å². The van der Waals surface area contributed by atoms with E-state index in [1.165, 1.54) is 12.1 Å². The van der Waals surface area contributed by atoms with Crippen molar-refractivity contribution in [3.05, 3.63) is 35.6 Å². The van der Waals surface area contributed by atoms with Gasteiger partial charge in [-0.2, -0.15) is 0 Å². The Hall–Kier alpha value is -0.970.